The Hall–Kier alpha value is 0.537. The molecule has 0 atom stereocenters. The van der Waals surface area contributed by atoms with Gasteiger partial charge in [-0.05, 0) is 12.8 Å². The number of hydrogen-bond acceptors (Lipinski definition) is 0. The van der Waals surface area contributed by atoms with Crippen molar-refractivity contribution in [3.63, 3.8) is 0 Å². The van der Waals surface area contributed by atoms with E-state index >= 15 is 0 Å². The van der Waals surface area contributed by atoms with Gasteiger partial charge in [0.2, 0.25) is 0 Å². The number of hydrogen-bond donors (Lipinski definition) is 0. The highest BCUT2D eigenvalue weighted by molar-refractivity contribution is 7.36. The second-order valence-corrected chi connectivity index (χ2v) is 7.86. The minimum absolute atomic E-state index is 1.15. The van der Waals surface area contributed by atoms with Gasteiger partial charge in [-0.3, -0.25) is 0 Å². The number of unbranched alkanes of at least 4 members (excludes halogenated alkanes) is 6. The summed E-state index contributed by atoms with van der Waals surface area (Å²) in [6.07, 6.45) is 11.4. The normalized spacial score (nSPS) is 11.7. The molecule has 0 spiro atoms. The number of rotatable bonds is 8. The Morgan fingerprint density at radius 1 is 1.00 bits per heavy atom. The highest BCUT2D eigenvalue weighted by atomic mass is 35.7. The van der Waals surface area contributed by atoms with Gasteiger partial charge in [-0.1, -0.05) is 50.8 Å². The van der Waals surface area contributed by atoms with Crippen molar-refractivity contribution >= 4 is 29.6 Å². The molecule has 0 aliphatic rings. The van der Waals surface area contributed by atoms with E-state index in [0.29, 0.717) is 0 Å². The minimum Gasteiger partial charge on any atom is -0.145 e. The Morgan fingerprint density at radius 2 is 1.62 bits per heavy atom. The maximum absolute atomic E-state index is 5.68. The van der Waals surface area contributed by atoms with E-state index in [0.717, 1.165) is 6.42 Å². The zero-order valence-corrected chi connectivity index (χ0v) is 11.1. The van der Waals surface area contributed by atoms with Crippen molar-refractivity contribution in [3.8, 4) is 0 Å². The molecule has 0 aromatic rings. The Balaban J connectivity index is 2.99. The summed E-state index contributed by atoms with van der Waals surface area (Å²) in [5, 5.41) is 0. The van der Waals surface area contributed by atoms with Gasteiger partial charge in [0.15, 0.2) is 0 Å². The average molecular weight is 239 g/mol. The summed E-state index contributed by atoms with van der Waals surface area (Å²) < 4.78 is 0. The molecule has 0 aliphatic heterocycles. The van der Waals surface area contributed by atoms with E-state index in [9.17, 15) is 0 Å². The third kappa shape index (κ3) is 12.5. The highest BCUT2D eigenvalue weighted by Gasteiger charge is 1.92. The van der Waals surface area contributed by atoms with Gasteiger partial charge in [-0.2, -0.15) is 0 Å². The molecule has 0 heterocycles. The van der Waals surface area contributed by atoms with Gasteiger partial charge < -0.3 is 0 Å². The first-order chi connectivity index (χ1) is 6.27. The highest BCUT2D eigenvalue weighted by Crippen LogP contribution is 2.07. The van der Waals surface area contributed by atoms with Crippen LogP contribution in [0, 0.1) is 0 Å². The molecule has 0 saturated carbocycles. The van der Waals surface area contributed by atoms with Crippen LogP contribution in [0.2, 0.25) is 0 Å². The van der Waals surface area contributed by atoms with Crippen molar-refractivity contribution in [1.29, 1.82) is 0 Å². The zero-order valence-electron chi connectivity index (χ0n) is 8.44. The molecular weight excluding hydrogens is 219 g/mol. The van der Waals surface area contributed by atoms with Crippen LogP contribution in [-0.4, -0.2) is 7.42 Å². The van der Waals surface area contributed by atoms with Crippen LogP contribution in [-0.2, 0) is 0 Å². The Morgan fingerprint density at radius 3 is 2.23 bits per heavy atom. The number of halogens is 2. The predicted molar refractivity (Wildman–Crippen MR) is 66.0 cm³/mol. The van der Waals surface area contributed by atoms with Crippen LogP contribution in [0.4, 0.5) is 0 Å². The molecule has 3 heteroatoms. The number of allylic oxidation sites excluding steroid dienone is 1. The molecular formula is C10H20Cl2Si. The summed E-state index contributed by atoms with van der Waals surface area (Å²) in [6.45, 7) is 2.24. The van der Waals surface area contributed by atoms with Gasteiger partial charge in [0.05, 0.1) is 0 Å². The van der Waals surface area contributed by atoms with Crippen molar-refractivity contribution in [1.82, 2.24) is 0 Å². The lowest BCUT2D eigenvalue weighted by molar-refractivity contribution is 0.611. The summed E-state index contributed by atoms with van der Waals surface area (Å²) in [5.74, 6) is 0. The van der Waals surface area contributed by atoms with E-state index in [4.69, 9.17) is 22.2 Å². The molecule has 0 bridgehead atoms. The van der Waals surface area contributed by atoms with E-state index in [2.05, 4.69) is 13.0 Å². The molecule has 0 aromatic heterocycles. The van der Waals surface area contributed by atoms with Crippen molar-refractivity contribution in [2.75, 3.05) is 0 Å². The molecule has 0 radical (unpaired) electrons. The van der Waals surface area contributed by atoms with E-state index in [-0.39, 0.29) is 0 Å². The monoisotopic (exact) mass is 238 g/mol. The SMILES string of the molecule is CCCCCCCCC=C[SiH](Cl)Cl. The Labute approximate surface area is 93.3 Å². The lowest BCUT2D eigenvalue weighted by Gasteiger charge is -1.97. The molecule has 0 amide bonds. The first kappa shape index (κ1) is 13.5. The van der Waals surface area contributed by atoms with Crippen LogP contribution in [0.3, 0.4) is 0 Å². The van der Waals surface area contributed by atoms with E-state index < -0.39 is 7.42 Å². The van der Waals surface area contributed by atoms with Crippen LogP contribution in [0.5, 0.6) is 0 Å². The van der Waals surface area contributed by atoms with Crippen molar-refractivity contribution in [3.05, 3.63) is 11.8 Å². The lowest BCUT2D eigenvalue weighted by Crippen LogP contribution is -1.83. The molecule has 0 aliphatic carbocycles. The standard InChI is InChI=1S/C10H20Cl2Si/c1-2-3-4-5-6-7-8-9-10-13(11)12/h9-10,13H,2-8H2,1H3. The molecule has 0 rings (SSSR count). The van der Waals surface area contributed by atoms with Crippen LogP contribution in [0.1, 0.15) is 51.9 Å². The lowest BCUT2D eigenvalue weighted by atomic mass is 10.1. The first-order valence-electron chi connectivity index (χ1n) is 5.22. The predicted octanol–water partition coefficient (Wildman–Crippen LogP) is 4.53. The summed E-state index contributed by atoms with van der Waals surface area (Å²) in [7, 11) is -1.48. The Bertz CT molecular complexity index is 124. The molecule has 78 valence electrons. The fourth-order valence-electron chi connectivity index (χ4n) is 1.24. The van der Waals surface area contributed by atoms with Crippen LogP contribution < -0.4 is 0 Å². The third-order valence-electron chi connectivity index (χ3n) is 2.01. The largest absolute Gasteiger partial charge is 0.259 e. The molecule has 13 heavy (non-hydrogen) atoms. The topological polar surface area (TPSA) is 0 Å². The molecule has 0 nitrogen and oxygen atoms in total. The van der Waals surface area contributed by atoms with E-state index in [1.165, 1.54) is 38.5 Å². The first-order valence-corrected chi connectivity index (χ1v) is 9.38. The fourth-order valence-corrected chi connectivity index (χ4v) is 2.26. The van der Waals surface area contributed by atoms with Gasteiger partial charge in [0.1, 0.15) is 0 Å². The molecule has 0 fully saturated rings. The molecule has 0 N–H and O–H groups in total. The van der Waals surface area contributed by atoms with Gasteiger partial charge in [-0.25, -0.2) is 0 Å². The summed E-state index contributed by atoms with van der Waals surface area (Å²) in [5.41, 5.74) is 1.98. The van der Waals surface area contributed by atoms with Crippen LogP contribution in [0.15, 0.2) is 11.8 Å². The van der Waals surface area contributed by atoms with Crippen molar-refractivity contribution in [2.24, 2.45) is 0 Å². The minimum atomic E-state index is -1.48. The second-order valence-electron chi connectivity index (χ2n) is 3.32. The average Bonchev–Trinajstić information content (AvgIpc) is 2.09. The van der Waals surface area contributed by atoms with Crippen molar-refractivity contribution in [2.45, 2.75) is 51.9 Å². The van der Waals surface area contributed by atoms with Gasteiger partial charge >= 0.3 is 0 Å². The van der Waals surface area contributed by atoms with E-state index in [1.54, 1.807) is 0 Å². The fraction of sp³-hybridized carbons (Fsp3) is 0.800. The van der Waals surface area contributed by atoms with Crippen molar-refractivity contribution < 1.29 is 0 Å². The van der Waals surface area contributed by atoms with Crippen LogP contribution in [0.25, 0.3) is 0 Å². The maximum Gasteiger partial charge on any atom is 0.259 e. The molecule has 0 aromatic carbocycles. The van der Waals surface area contributed by atoms with Gasteiger partial charge in [0, 0.05) is 0 Å². The summed E-state index contributed by atoms with van der Waals surface area (Å²) >= 11 is 11.4. The third-order valence-corrected chi connectivity index (χ3v) is 3.44. The quantitative estimate of drug-likeness (QED) is 0.331. The zero-order chi connectivity index (χ0) is 9.94. The molecule has 0 saturated heterocycles. The smallest absolute Gasteiger partial charge is 0.145 e. The van der Waals surface area contributed by atoms with Gasteiger partial charge in [-0.15, -0.1) is 22.2 Å². The maximum atomic E-state index is 5.68. The molecule has 0 unspecified atom stereocenters. The van der Waals surface area contributed by atoms with Gasteiger partial charge in [0.25, 0.3) is 7.42 Å². The van der Waals surface area contributed by atoms with Crippen LogP contribution >= 0.6 is 22.2 Å². The Kier molecular flexibility index (Phi) is 11.1. The van der Waals surface area contributed by atoms with E-state index in [1.807, 2.05) is 5.70 Å². The summed E-state index contributed by atoms with van der Waals surface area (Å²) in [4.78, 5) is 0. The summed E-state index contributed by atoms with van der Waals surface area (Å²) in [6, 6.07) is 0. The second kappa shape index (κ2) is 10.6.